The van der Waals surface area contributed by atoms with Crippen molar-refractivity contribution in [2.45, 2.75) is 50.9 Å². The highest BCUT2D eigenvalue weighted by Gasteiger charge is 2.44. The van der Waals surface area contributed by atoms with Crippen LogP contribution in [-0.2, 0) is 9.53 Å². The highest BCUT2D eigenvalue weighted by molar-refractivity contribution is 5.78. The second-order valence-corrected chi connectivity index (χ2v) is 4.83. The first-order chi connectivity index (χ1) is 7.03. The molecule has 4 atom stereocenters. The first-order valence-electron chi connectivity index (χ1n) is 5.72. The number of alkyl halides is 1. The third-order valence-corrected chi connectivity index (χ3v) is 3.79. The monoisotopic (exact) mass is 215 g/mol. The number of carbonyl (C=O) groups is 1. The summed E-state index contributed by atoms with van der Waals surface area (Å²) in [6.45, 7) is 1.54. The van der Waals surface area contributed by atoms with E-state index in [1.165, 1.54) is 6.42 Å². The van der Waals surface area contributed by atoms with E-state index in [0.29, 0.717) is 11.8 Å². The summed E-state index contributed by atoms with van der Waals surface area (Å²) < 4.78 is 18.6. The van der Waals surface area contributed by atoms with Gasteiger partial charge in [-0.3, -0.25) is 5.73 Å². The third-order valence-electron chi connectivity index (χ3n) is 3.79. The van der Waals surface area contributed by atoms with Crippen LogP contribution in [0.5, 0.6) is 0 Å². The van der Waals surface area contributed by atoms with Gasteiger partial charge in [0.15, 0.2) is 0 Å². The Morgan fingerprint density at radius 1 is 1.53 bits per heavy atom. The number of halogens is 1. The Kier molecular flexibility index (Phi) is 2.71. The molecule has 2 rings (SSSR count). The number of esters is 1. The van der Waals surface area contributed by atoms with E-state index in [4.69, 9.17) is 10.5 Å². The molecule has 3 nitrogen and oxygen atoms in total. The van der Waals surface area contributed by atoms with E-state index in [1.54, 1.807) is 6.92 Å². The molecule has 2 aliphatic carbocycles. The van der Waals surface area contributed by atoms with Crippen molar-refractivity contribution < 1.29 is 13.9 Å². The minimum Gasteiger partial charge on any atom is -0.459 e. The smallest absolute Gasteiger partial charge is 0.359 e. The van der Waals surface area contributed by atoms with E-state index >= 15 is 0 Å². The molecule has 2 bridgehead atoms. The topological polar surface area (TPSA) is 52.3 Å². The lowest BCUT2D eigenvalue weighted by Crippen LogP contribution is -2.46. The summed E-state index contributed by atoms with van der Waals surface area (Å²) in [4.78, 5) is 11.4. The molecule has 2 saturated carbocycles. The Bertz CT molecular complexity index is 267. The van der Waals surface area contributed by atoms with Gasteiger partial charge < -0.3 is 4.74 Å². The molecule has 15 heavy (non-hydrogen) atoms. The number of fused-ring (bicyclic) bond motifs is 2. The molecule has 0 amide bonds. The van der Waals surface area contributed by atoms with Gasteiger partial charge in [-0.25, -0.2) is 9.18 Å². The minimum atomic E-state index is -2.30. The number of hydrogen-bond acceptors (Lipinski definition) is 3. The first kappa shape index (κ1) is 10.9. The van der Waals surface area contributed by atoms with Crippen LogP contribution in [-0.4, -0.2) is 17.9 Å². The summed E-state index contributed by atoms with van der Waals surface area (Å²) in [5, 5.41) is 0. The van der Waals surface area contributed by atoms with Gasteiger partial charge in [0.2, 0.25) is 0 Å². The predicted octanol–water partition coefficient (Wildman–Crippen LogP) is 1.75. The molecule has 0 aromatic carbocycles. The zero-order valence-electron chi connectivity index (χ0n) is 9.04. The van der Waals surface area contributed by atoms with Crippen LogP contribution in [0.4, 0.5) is 4.39 Å². The number of hydrogen-bond donors (Lipinski definition) is 1. The van der Waals surface area contributed by atoms with Gasteiger partial charge in [0.05, 0.1) is 0 Å². The molecule has 0 aromatic heterocycles. The van der Waals surface area contributed by atoms with Crippen LogP contribution < -0.4 is 5.73 Å². The van der Waals surface area contributed by atoms with E-state index in [1.807, 2.05) is 0 Å². The number of rotatable bonds is 3. The maximum absolute atomic E-state index is 13.4. The van der Waals surface area contributed by atoms with Gasteiger partial charge in [0, 0.05) is 6.42 Å². The molecule has 2 aliphatic rings. The van der Waals surface area contributed by atoms with Crippen LogP contribution in [0.2, 0.25) is 0 Å². The van der Waals surface area contributed by atoms with Gasteiger partial charge in [0.25, 0.3) is 5.79 Å². The predicted molar refractivity (Wildman–Crippen MR) is 53.6 cm³/mol. The Balaban J connectivity index is 1.90. The third kappa shape index (κ3) is 2.00. The van der Waals surface area contributed by atoms with Crippen molar-refractivity contribution in [2.75, 3.05) is 0 Å². The van der Waals surface area contributed by atoms with Crippen molar-refractivity contribution in [1.82, 2.24) is 0 Å². The fraction of sp³-hybridized carbons (Fsp3) is 0.909. The van der Waals surface area contributed by atoms with Gasteiger partial charge in [-0.05, 0) is 37.5 Å². The minimum absolute atomic E-state index is 0.0351. The first-order valence-corrected chi connectivity index (χ1v) is 5.72. The summed E-state index contributed by atoms with van der Waals surface area (Å²) in [5.74, 6) is -2.06. The average molecular weight is 215 g/mol. The van der Waals surface area contributed by atoms with Crippen LogP contribution in [0.15, 0.2) is 0 Å². The van der Waals surface area contributed by atoms with E-state index in [0.717, 1.165) is 19.3 Å². The van der Waals surface area contributed by atoms with Crippen LogP contribution in [0, 0.1) is 11.8 Å². The highest BCUT2D eigenvalue weighted by atomic mass is 19.1. The van der Waals surface area contributed by atoms with Gasteiger partial charge >= 0.3 is 5.97 Å². The fourth-order valence-corrected chi connectivity index (χ4v) is 2.71. The molecular weight excluding hydrogens is 197 g/mol. The highest BCUT2D eigenvalue weighted by Crippen LogP contribution is 2.46. The second kappa shape index (κ2) is 3.74. The van der Waals surface area contributed by atoms with Gasteiger partial charge in [-0.2, -0.15) is 0 Å². The van der Waals surface area contributed by atoms with Gasteiger partial charge in [-0.15, -0.1) is 0 Å². The number of carbonyl (C=O) groups excluding carboxylic acids is 1. The summed E-state index contributed by atoms with van der Waals surface area (Å²) >= 11 is 0. The molecule has 0 radical (unpaired) electrons. The van der Waals surface area contributed by atoms with Crippen LogP contribution in [0.1, 0.15) is 39.0 Å². The SMILES string of the molecule is CCC(N)(F)C(=O)OC1CC2CCC1C2. The van der Waals surface area contributed by atoms with Crippen molar-refractivity contribution in [2.24, 2.45) is 17.6 Å². The normalized spacial score (nSPS) is 37.7. The van der Waals surface area contributed by atoms with Gasteiger partial charge in [0.1, 0.15) is 6.10 Å². The van der Waals surface area contributed by atoms with Crippen molar-refractivity contribution >= 4 is 5.97 Å². The Hall–Kier alpha value is -0.640. The van der Waals surface area contributed by atoms with Crippen molar-refractivity contribution in [1.29, 1.82) is 0 Å². The molecule has 0 aromatic rings. The van der Waals surface area contributed by atoms with Gasteiger partial charge in [-0.1, -0.05) is 6.92 Å². The largest absolute Gasteiger partial charge is 0.459 e. The zero-order chi connectivity index (χ0) is 11.1. The van der Waals surface area contributed by atoms with Crippen molar-refractivity contribution in [3.8, 4) is 0 Å². The molecule has 4 heteroatoms. The molecule has 4 unspecified atom stereocenters. The lowest BCUT2D eigenvalue weighted by Gasteiger charge is -2.25. The van der Waals surface area contributed by atoms with Crippen LogP contribution >= 0.6 is 0 Å². The summed E-state index contributed by atoms with van der Waals surface area (Å²) in [7, 11) is 0. The molecule has 2 fully saturated rings. The number of ether oxygens (including phenoxy) is 1. The fourth-order valence-electron chi connectivity index (χ4n) is 2.71. The molecular formula is C11H18FNO2. The van der Waals surface area contributed by atoms with Crippen molar-refractivity contribution in [3.05, 3.63) is 0 Å². The van der Waals surface area contributed by atoms with Crippen LogP contribution in [0.25, 0.3) is 0 Å². The molecule has 86 valence electrons. The molecule has 0 spiro atoms. The molecule has 0 aliphatic heterocycles. The second-order valence-electron chi connectivity index (χ2n) is 4.83. The lowest BCUT2D eigenvalue weighted by molar-refractivity contribution is -0.166. The number of nitrogens with two attached hydrogens (primary N) is 1. The molecule has 2 N–H and O–H groups in total. The van der Waals surface area contributed by atoms with E-state index in [2.05, 4.69) is 0 Å². The van der Waals surface area contributed by atoms with E-state index < -0.39 is 11.8 Å². The van der Waals surface area contributed by atoms with Crippen LogP contribution in [0.3, 0.4) is 0 Å². The standard InChI is InChI=1S/C11H18FNO2/c1-2-11(12,13)10(14)15-9-6-7-3-4-8(9)5-7/h7-9H,2-6,13H2,1H3. The van der Waals surface area contributed by atoms with E-state index in [-0.39, 0.29) is 12.5 Å². The lowest BCUT2D eigenvalue weighted by atomic mass is 9.97. The Morgan fingerprint density at radius 2 is 2.27 bits per heavy atom. The maximum atomic E-state index is 13.4. The zero-order valence-corrected chi connectivity index (χ0v) is 9.04. The average Bonchev–Trinajstić information content (AvgIpc) is 2.79. The Labute approximate surface area is 89.2 Å². The Morgan fingerprint density at radius 3 is 2.73 bits per heavy atom. The van der Waals surface area contributed by atoms with E-state index in [9.17, 15) is 9.18 Å². The molecule has 0 heterocycles. The maximum Gasteiger partial charge on any atom is 0.359 e. The van der Waals surface area contributed by atoms with Crippen molar-refractivity contribution in [3.63, 3.8) is 0 Å². The summed E-state index contributed by atoms with van der Waals surface area (Å²) in [5.41, 5.74) is 5.19. The summed E-state index contributed by atoms with van der Waals surface area (Å²) in [6.07, 6.45) is 4.26. The quantitative estimate of drug-likeness (QED) is 0.576. The molecule has 0 saturated heterocycles. The summed E-state index contributed by atoms with van der Waals surface area (Å²) in [6, 6.07) is 0.